The predicted octanol–water partition coefficient (Wildman–Crippen LogP) is 11.8. The number of hydrogen-bond donors (Lipinski definition) is 3. The van der Waals surface area contributed by atoms with Crippen molar-refractivity contribution in [1.82, 2.24) is 5.32 Å². The monoisotopic (exact) mass is 790 g/mol. The third kappa shape index (κ3) is 39.7. The van der Waals surface area contributed by atoms with Crippen LogP contribution in [0.4, 0.5) is 0 Å². The minimum atomic E-state index is -4.35. The zero-order valence-corrected chi connectivity index (χ0v) is 36.5. The number of carbonyl (C=O) groups excluding carboxylic acids is 1. The normalized spacial score (nSPS) is 15.3. The SMILES string of the molecule is CC/C=C\C/C=C\C/C=C\C/C=C\C/C=C\CCCCCCCC(=O)NC(COP(=O)(O)OCC[N+](C)(C)C)C(O)/C=C/CC/C=C/CCCCCCCC. The van der Waals surface area contributed by atoms with Crippen molar-refractivity contribution in [3.63, 3.8) is 0 Å². The first kappa shape index (κ1) is 52.7. The van der Waals surface area contributed by atoms with Crippen molar-refractivity contribution in [2.24, 2.45) is 0 Å². The summed E-state index contributed by atoms with van der Waals surface area (Å²) in [5.74, 6) is -0.212. The van der Waals surface area contributed by atoms with Crippen LogP contribution in [-0.2, 0) is 18.4 Å². The smallest absolute Gasteiger partial charge is 0.387 e. The van der Waals surface area contributed by atoms with Crippen molar-refractivity contribution in [2.45, 2.75) is 161 Å². The number of nitrogens with zero attached hydrogens (tertiary/aromatic N) is 1. The van der Waals surface area contributed by atoms with E-state index in [4.69, 9.17) is 9.05 Å². The number of unbranched alkanes of at least 4 members (excludes halogenated alkanes) is 12. The lowest BCUT2D eigenvalue weighted by Crippen LogP contribution is -2.45. The molecular weight excluding hydrogens is 707 g/mol. The van der Waals surface area contributed by atoms with Crippen molar-refractivity contribution in [1.29, 1.82) is 0 Å². The molecule has 0 heterocycles. The second kappa shape index (κ2) is 37.3. The summed E-state index contributed by atoms with van der Waals surface area (Å²) in [5, 5.41) is 13.7. The molecule has 0 aromatic heterocycles. The first-order valence-electron chi connectivity index (χ1n) is 21.5. The molecule has 0 aromatic carbocycles. The van der Waals surface area contributed by atoms with Gasteiger partial charge in [-0.05, 0) is 77.0 Å². The number of likely N-dealkylation sites (N-methyl/N-ethyl adjacent to an activating group) is 1. The number of phosphoric acid groups is 1. The van der Waals surface area contributed by atoms with Gasteiger partial charge < -0.3 is 19.8 Å². The van der Waals surface area contributed by atoms with Crippen LogP contribution in [0.15, 0.2) is 85.1 Å². The maximum atomic E-state index is 12.8. The molecule has 316 valence electrons. The molecule has 0 aliphatic rings. The lowest BCUT2D eigenvalue weighted by Gasteiger charge is -2.25. The Balaban J connectivity index is 4.50. The molecule has 9 heteroatoms. The van der Waals surface area contributed by atoms with Gasteiger partial charge in [-0.3, -0.25) is 13.8 Å². The van der Waals surface area contributed by atoms with Crippen LogP contribution in [0.3, 0.4) is 0 Å². The molecule has 55 heavy (non-hydrogen) atoms. The molecule has 0 radical (unpaired) electrons. The molecule has 3 unspecified atom stereocenters. The Morgan fingerprint density at radius 2 is 1.11 bits per heavy atom. The summed E-state index contributed by atoms with van der Waals surface area (Å²) in [6, 6.07) is -0.877. The van der Waals surface area contributed by atoms with Crippen LogP contribution in [0, 0.1) is 0 Å². The highest BCUT2D eigenvalue weighted by atomic mass is 31.2. The molecule has 3 atom stereocenters. The first-order chi connectivity index (χ1) is 26.5. The van der Waals surface area contributed by atoms with Gasteiger partial charge in [0.05, 0.1) is 39.9 Å². The van der Waals surface area contributed by atoms with Crippen molar-refractivity contribution in [2.75, 3.05) is 40.9 Å². The maximum Gasteiger partial charge on any atom is 0.472 e. The molecule has 0 saturated carbocycles. The molecule has 3 N–H and O–H groups in total. The van der Waals surface area contributed by atoms with Gasteiger partial charge in [-0.1, -0.05) is 150 Å². The molecule has 8 nitrogen and oxygen atoms in total. The van der Waals surface area contributed by atoms with E-state index in [-0.39, 0.29) is 19.1 Å². The molecule has 0 spiro atoms. The van der Waals surface area contributed by atoms with Gasteiger partial charge in [0.25, 0.3) is 0 Å². The third-order valence-corrected chi connectivity index (χ3v) is 9.83. The summed E-state index contributed by atoms with van der Waals surface area (Å²) < 4.78 is 23.5. The van der Waals surface area contributed by atoms with Gasteiger partial charge >= 0.3 is 7.82 Å². The summed E-state index contributed by atoms with van der Waals surface area (Å²) >= 11 is 0. The lowest BCUT2D eigenvalue weighted by atomic mass is 10.1. The van der Waals surface area contributed by atoms with Crippen LogP contribution in [0.5, 0.6) is 0 Å². The van der Waals surface area contributed by atoms with Crippen molar-refractivity contribution in [3.8, 4) is 0 Å². The first-order valence-corrected chi connectivity index (χ1v) is 23.0. The molecule has 0 aromatic rings. The molecule has 0 saturated heterocycles. The third-order valence-electron chi connectivity index (χ3n) is 8.85. The maximum absolute atomic E-state index is 12.8. The van der Waals surface area contributed by atoms with Crippen LogP contribution in [0.25, 0.3) is 0 Å². The van der Waals surface area contributed by atoms with E-state index >= 15 is 0 Å². The molecular formula is C46H82N2O6P+. The Hall–Kier alpha value is -2.32. The lowest BCUT2D eigenvalue weighted by molar-refractivity contribution is -0.870. The van der Waals surface area contributed by atoms with Gasteiger partial charge in [0.2, 0.25) is 5.91 Å². The van der Waals surface area contributed by atoms with Crippen LogP contribution >= 0.6 is 7.82 Å². The second-order valence-electron chi connectivity index (χ2n) is 15.3. The highest BCUT2D eigenvalue weighted by Crippen LogP contribution is 2.43. The number of aliphatic hydroxyl groups is 1. The molecule has 0 bridgehead atoms. The number of amides is 1. The number of carbonyl (C=O) groups is 1. The number of aliphatic hydroxyl groups excluding tert-OH is 1. The topological polar surface area (TPSA) is 105 Å². The number of hydrogen-bond acceptors (Lipinski definition) is 5. The minimum absolute atomic E-state index is 0.0471. The van der Waals surface area contributed by atoms with Crippen LogP contribution in [0.2, 0.25) is 0 Å². The highest BCUT2D eigenvalue weighted by Gasteiger charge is 2.27. The van der Waals surface area contributed by atoms with Gasteiger partial charge in [0, 0.05) is 6.42 Å². The number of quaternary nitrogens is 1. The van der Waals surface area contributed by atoms with Crippen molar-refractivity contribution in [3.05, 3.63) is 85.1 Å². The summed E-state index contributed by atoms with van der Waals surface area (Å²) in [7, 11) is 1.52. The second-order valence-corrected chi connectivity index (χ2v) is 16.8. The fraction of sp³-hybridized carbons (Fsp3) is 0.674. The van der Waals surface area contributed by atoms with E-state index in [0.29, 0.717) is 17.4 Å². The standard InChI is InChI=1S/C46H81N2O6P/c1-6-8-10-12-14-16-18-20-21-22-23-24-25-26-27-28-30-32-34-36-38-40-46(50)47-44(43-54-55(51,52)53-42-41-48(3,4)5)45(49)39-37-35-33-31-29-19-17-15-13-11-9-7-2/h8,10,14,16,20-21,23-24,26-27,29,31,37,39,44-45,49H,6-7,9,11-13,15,17-19,22,25,28,30,32-36,38,40-43H2,1-5H3,(H-,47,50,51,52)/p+1/b10-8-,16-14-,21-20-,24-23-,27-26-,31-29+,39-37+. The largest absolute Gasteiger partial charge is 0.472 e. The highest BCUT2D eigenvalue weighted by molar-refractivity contribution is 7.47. The van der Waals surface area contributed by atoms with E-state index < -0.39 is 20.0 Å². The Labute approximate surface area is 337 Å². The molecule has 0 aliphatic heterocycles. The molecule has 1 amide bonds. The van der Waals surface area contributed by atoms with E-state index in [0.717, 1.165) is 89.9 Å². The summed E-state index contributed by atoms with van der Waals surface area (Å²) in [6.07, 6.45) is 50.8. The van der Waals surface area contributed by atoms with Gasteiger partial charge in [0.15, 0.2) is 0 Å². The van der Waals surface area contributed by atoms with E-state index in [1.54, 1.807) is 6.08 Å². The van der Waals surface area contributed by atoms with Crippen molar-refractivity contribution >= 4 is 13.7 Å². The Bertz CT molecular complexity index is 1170. The number of phosphoric ester groups is 1. The van der Waals surface area contributed by atoms with Gasteiger partial charge in [-0.15, -0.1) is 0 Å². The molecule has 0 fully saturated rings. The van der Waals surface area contributed by atoms with Crippen molar-refractivity contribution < 1.29 is 32.9 Å². The number of allylic oxidation sites excluding steroid dienone is 13. The predicted molar refractivity (Wildman–Crippen MR) is 235 cm³/mol. The summed E-state index contributed by atoms with van der Waals surface area (Å²) in [6.45, 7) is 4.61. The number of rotatable bonds is 37. The fourth-order valence-electron chi connectivity index (χ4n) is 5.43. The Kier molecular flexibility index (Phi) is 35.7. The van der Waals surface area contributed by atoms with Gasteiger partial charge in [-0.25, -0.2) is 4.57 Å². The average Bonchev–Trinajstić information content (AvgIpc) is 3.13. The van der Waals surface area contributed by atoms with Crippen LogP contribution in [-0.4, -0.2) is 73.4 Å². The zero-order valence-electron chi connectivity index (χ0n) is 35.6. The van der Waals surface area contributed by atoms with Crippen LogP contribution < -0.4 is 5.32 Å². The van der Waals surface area contributed by atoms with E-state index in [2.05, 4.69) is 92.1 Å². The Morgan fingerprint density at radius 1 is 0.636 bits per heavy atom. The summed E-state index contributed by atoms with van der Waals surface area (Å²) in [4.78, 5) is 23.1. The zero-order chi connectivity index (χ0) is 40.7. The minimum Gasteiger partial charge on any atom is -0.387 e. The van der Waals surface area contributed by atoms with Crippen LogP contribution in [0.1, 0.15) is 149 Å². The summed E-state index contributed by atoms with van der Waals surface area (Å²) in [5.41, 5.74) is 0. The molecule has 0 rings (SSSR count). The van der Waals surface area contributed by atoms with E-state index in [9.17, 15) is 19.4 Å². The molecule has 0 aliphatic carbocycles. The average molecular weight is 790 g/mol. The quantitative estimate of drug-likeness (QED) is 0.0251. The fourth-order valence-corrected chi connectivity index (χ4v) is 6.17. The Morgan fingerprint density at radius 3 is 1.67 bits per heavy atom. The van der Waals surface area contributed by atoms with E-state index in [1.807, 2.05) is 27.2 Å². The van der Waals surface area contributed by atoms with Gasteiger partial charge in [0.1, 0.15) is 13.2 Å². The van der Waals surface area contributed by atoms with Gasteiger partial charge in [-0.2, -0.15) is 0 Å². The van der Waals surface area contributed by atoms with E-state index in [1.165, 1.54) is 38.5 Å². The number of nitrogens with one attached hydrogen (secondary N) is 1.